The topological polar surface area (TPSA) is 48.4 Å². The van der Waals surface area contributed by atoms with E-state index in [1.165, 1.54) is 16.7 Å². The predicted octanol–water partition coefficient (Wildman–Crippen LogP) is 5.99. The highest BCUT2D eigenvalue weighted by Crippen LogP contribution is 2.32. The van der Waals surface area contributed by atoms with Gasteiger partial charge in [-0.25, -0.2) is 0 Å². The number of benzene rings is 1. The lowest BCUT2D eigenvalue weighted by molar-refractivity contribution is -0.174. The van der Waals surface area contributed by atoms with E-state index in [0.717, 1.165) is 37.8 Å². The summed E-state index contributed by atoms with van der Waals surface area (Å²) in [5.74, 6) is 0.558. The summed E-state index contributed by atoms with van der Waals surface area (Å²) in [6.45, 7) is 10.4. The van der Waals surface area contributed by atoms with Crippen LogP contribution in [0.4, 0.5) is 0 Å². The maximum absolute atomic E-state index is 12.9. The number of nitrogens with zero attached hydrogens (tertiary/aromatic N) is 1. The highest BCUT2D eigenvalue weighted by atomic mass is 16.7. The molecule has 0 fully saturated rings. The molecule has 1 aromatic heterocycles. The molecular formula is C28H41NO3. The molecule has 176 valence electrons. The van der Waals surface area contributed by atoms with Crippen molar-refractivity contribution in [2.24, 2.45) is 11.8 Å². The summed E-state index contributed by atoms with van der Waals surface area (Å²) >= 11 is 0. The highest BCUT2D eigenvalue weighted by molar-refractivity contribution is 5.85. The van der Waals surface area contributed by atoms with Crippen molar-refractivity contribution in [2.75, 3.05) is 13.9 Å². The third-order valence-electron chi connectivity index (χ3n) is 6.30. The average molecular weight is 440 g/mol. The molecular weight excluding hydrogens is 398 g/mol. The molecule has 2 rings (SSSR count). The van der Waals surface area contributed by atoms with Crippen molar-refractivity contribution in [1.29, 1.82) is 0 Å². The highest BCUT2D eigenvalue weighted by Gasteiger charge is 2.43. The minimum Gasteiger partial charge on any atom is -0.359 e. The maximum Gasteiger partial charge on any atom is 0.162 e. The van der Waals surface area contributed by atoms with Gasteiger partial charge in [0.25, 0.3) is 0 Å². The summed E-state index contributed by atoms with van der Waals surface area (Å²) < 4.78 is 11.3. The summed E-state index contributed by atoms with van der Waals surface area (Å²) in [5.41, 5.74) is 4.06. The smallest absolute Gasteiger partial charge is 0.162 e. The van der Waals surface area contributed by atoms with Gasteiger partial charge in [0, 0.05) is 25.4 Å². The number of aromatic nitrogens is 1. The van der Waals surface area contributed by atoms with Crippen molar-refractivity contribution >= 4 is 5.78 Å². The third-order valence-corrected chi connectivity index (χ3v) is 6.30. The lowest BCUT2D eigenvalue weighted by Gasteiger charge is -2.37. The molecule has 32 heavy (non-hydrogen) atoms. The minimum absolute atomic E-state index is 0.0309. The molecule has 2 atom stereocenters. The van der Waals surface area contributed by atoms with E-state index in [0.29, 0.717) is 12.3 Å². The van der Waals surface area contributed by atoms with Gasteiger partial charge in [-0.05, 0) is 73.3 Å². The first-order chi connectivity index (χ1) is 15.3. The van der Waals surface area contributed by atoms with E-state index in [1.807, 2.05) is 6.20 Å². The number of Topliss-reactive ketones (excluding diaryl/α,β-unsaturated/α-hetero) is 1. The lowest BCUT2D eigenvalue weighted by atomic mass is 9.77. The van der Waals surface area contributed by atoms with Crippen LogP contribution in [0.25, 0.3) is 0 Å². The molecule has 0 saturated carbocycles. The Morgan fingerprint density at radius 3 is 2.34 bits per heavy atom. The summed E-state index contributed by atoms with van der Waals surface area (Å²) in [5, 5.41) is 0. The van der Waals surface area contributed by atoms with E-state index in [2.05, 4.69) is 69.1 Å². The second-order valence-electron chi connectivity index (χ2n) is 9.38. The SMILES string of the molecule is CCCc1ccccc1CCc1ccnc(C[C@](OCOC)(C(C)=O)[C@@H](C)CC(C)C)c1. The fourth-order valence-corrected chi connectivity index (χ4v) is 4.65. The van der Waals surface area contributed by atoms with E-state index < -0.39 is 5.60 Å². The Bertz CT molecular complexity index is 848. The molecule has 0 N–H and O–H groups in total. The number of carbonyl (C=O) groups excluding carboxylic acids is 1. The summed E-state index contributed by atoms with van der Waals surface area (Å²) in [7, 11) is 1.59. The molecule has 4 nitrogen and oxygen atoms in total. The van der Waals surface area contributed by atoms with Gasteiger partial charge < -0.3 is 9.47 Å². The van der Waals surface area contributed by atoms with Gasteiger partial charge in [0.05, 0.1) is 0 Å². The van der Waals surface area contributed by atoms with Gasteiger partial charge >= 0.3 is 0 Å². The number of pyridine rings is 1. The van der Waals surface area contributed by atoms with Gasteiger partial charge in [-0.2, -0.15) is 0 Å². The Hall–Kier alpha value is -2.04. The zero-order valence-electron chi connectivity index (χ0n) is 20.8. The molecule has 1 aromatic carbocycles. The minimum atomic E-state index is -0.931. The standard InChI is InChI=1S/C28H41NO3/c1-7-10-25-11-8-9-12-26(25)14-13-24-15-16-29-27(18-24)19-28(23(5)30,32-20-31-6)22(4)17-21(2)3/h8-9,11-12,15-16,18,21-22H,7,10,13-14,17,19-20H2,1-6H3/t22-,28+/m0/s1. The second-order valence-corrected chi connectivity index (χ2v) is 9.38. The van der Waals surface area contributed by atoms with Crippen LogP contribution >= 0.6 is 0 Å². The van der Waals surface area contributed by atoms with Crippen LogP contribution in [-0.2, 0) is 40.0 Å². The number of carbonyl (C=O) groups is 1. The van der Waals surface area contributed by atoms with Crippen LogP contribution in [-0.4, -0.2) is 30.3 Å². The third kappa shape index (κ3) is 7.25. The number of hydrogen-bond donors (Lipinski definition) is 0. The van der Waals surface area contributed by atoms with Crippen molar-refractivity contribution in [3.8, 4) is 0 Å². The monoisotopic (exact) mass is 439 g/mol. The molecule has 0 bridgehead atoms. The van der Waals surface area contributed by atoms with Gasteiger partial charge in [0.1, 0.15) is 12.4 Å². The number of ether oxygens (including phenoxy) is 2. The van der Waals surface area contributed by atoms with Crippen molar-refractivity contribution in [2.45, 2.75) is 78.7 Å². The van der Waals surface area contributed by atoms with Crippen LogP contribution in [0.3, 0.4) is 0 Å². The number of hydrogen-bond acceptors (Lipinski definition) is 4. The number of aryl methyl sites for hydroxylation is 3. The van der Waals surface area contributed by atoms with E-state index in [1.54, 1.807) is 14.0 Å². The zero-order chi connectivity index (χ0) is 23.6. The first-order valence-corrected chi connectivity index (χ1v) is 12.0. The Kier molecular flexibility index (Phi) is 10.5. The fraction of sp³-hybridized carbons (Fsp3) is 0.571. The van der Waals surface area contributed by atoms with E-state index in [-0.39, 0.29) is 18.5 Å². The van der Waals surface area contributed by atoms with Gasteiger partial charge in [0.15, 0.2) is 5.78 Å². The van der Waals surface area contributed by atoms with Gasteiger partial charge in [0.2, 0.25) is 0 Å². The molecule has 0 aliphatic carbocycles. The number of ketones is 1. The fourth-order valence-electron chi connectivity index (χ4n) is 4.65. The van der Waals surface area contributed by atoms with Gasteiger partial charge in [-0.1, -0.05) is 58.4 Å². The molecule has 0 unspecified atom stereocenters. The molecule has 0 aliphatic rings. The largest absolute Gasteiger partial charge is 0.359 e. The maximum atomic E-state index is 12.9. The van der Waals surface area contributed by atoms with Crippen LogP contribution < -0.4 is 0 Å². The van der Waals surface area contributed by atoms with Crippen molar-refractivity contribution in [1.82, 2.24) is 4.98 Å². The number of rotatable bonds is 14. The molecule has 0 amide bonds. The van der Waals surface area contributed by atoms with E-state index >= 15 is 0 Å². The summed E-state index contributed by atoms with van der Waals surface area (Å²) in [6, 6.07) is 12.9. The van der Waals surface area contributed by atoms with Crippen LogP contribution in [0.5, 0.6) is 0 Å². The first kappa shape index (κ1) is 26.2. The van der Waals surface area contributed by atoms with Crippen LogP contribution in [0, 0.1) is 11.8 Å². The molecule has 0 radical (unpaired) electrons. The first-order valence-electron chi connectivity index (χ1n) is 12.0. The Labute approximate surface area is 194 Å². The molecule has 4 heteroatoms. The Morgan fingerprint density at radius 2 is 1.75 bits per heavy atom. The second kappa shape index (κ2) is 12.9. The van der Waals surface area contributed by atoms with Gasteiger partial charge in [-0.3, -0.25) is 9.78 Å². The lowest BCUT2D eigenvalue weighted by Crippen LogP contribution is -2.49. The van der Waals surface area contributed by atoms with Crippen molar-refractivity contribution in [3.63, 3.8) is 0 Å². The van der Waals surface area contributed by atoms with Crippen molar-refractivity contribution in [3.05, 3.63) is 65.0 Å². The van der Waals surface area contributed by atoms with E-state index in [9.17, 15) is 4.79 Å². The molecule has 0 spiro atoms. The van der Waals surface area contributed by atoms with Crippen molar-refractivity contribution < 1.29 is 14.3 Å². The quantitative estimate of drug-likeness (QED) is 0.339. The van der Waals surface area contributed by atoms with Crippen LogP contribution in [0.2, 0.25) is 0 Å². The zero-order valence-corrected chi connectivity index (χ0v) is 20.8. The van der Waals surface area contributed by atoms with Crippen LogP contribution in [0.15, 0.2) is 42.6 Å². The Morgan fingerprint density at radius 1 is 1.06 bits per heavy atom. The molecule has 0 saturated heterocycles. The summed E-state index contributed by atoms with van der Waals surface area (Å²) in [4.78, 5) is 17.5. The van der Waals surface area contributed by atoms with E-state index in [4.69, 9.17) is 9.47 Å². The molecule has 1 heterocycles. The predicted molar refractivity (Wildman–Crippen MR) is 131 cm³/mol. The normalized spacial score (nSPS) is 14.3. The Balaban J connectivity index is 2.23. The molecule has 2 aromatic rings. The molecule has 0 aliphatic heterocycles. The van der Waals surface area contributed by atoms with Crippen LogP contribution in [0.1, 0.15) is 69.8 Å². The number of methoxy groups -OCH3 is 1. The van der Waals surface area contributed by atoms with Gasteiger partial charge in [-0.15, -0.1) is 0 Å². The summed E-state index contributed by atoms with van der Waals surface area (Å²) in [6.07, 6.45) is 7.43. The average Bonchev–Trinajstić information content (AvgIpc) is 2.76.